The molecule has 1 heterocycles. The lowest BCUT2D eigenvalue weighted by Gasteiger charge is -2.10. The van der Waals surface area contributed by atoms with Gasteiger partial charge in [-0.15, -0.1) is 10.2 Å². The Labute approximate surface area is 170 Å². The van der Waals surface area contributed by atoms with E-state index in [1.807, 2.05) is 24.3 Å². The van der Waals surface area contributed by atoms with Gasteiger partial charge in [0.05, 0.1) is 23.7 Å². The molecule has 1 aromatic heterocycles. The van der Waals surface area contributed by atoms with Gasteiger partial charge < -0.3 is 14.5 Å². The van der Waals surface area contributed by atoms with Crippen molar-refractivity contribution in [2.45, 2.75) is 23.8 Å². The molecule has 9 nitrogen and oxygen atoms in total. The standard InChI is InChI=1S/C19H18N4O5S/c1-12(18(24)20-15-5-3-4-6-16(15)23(25)26)29-19-22-21-17(28-19)11-13-7-9-14(27-2)10-8-13/h3-10,12H,11H2,1-2H3,(H,20,24)/t12-/m1/s1. The minimum Gasteiger partial charge on any atom is -0.497 e. The lowest BCUT2D eigenvalue weighted by molar-refractivity contribution is -0.383. The number of nitrogens with zero attached hydrogens (tertiary/aromatic N) is 3. The van der Waals surface area contributed by atoms with E-state index in [0.717, 1.165) is 23.1 Å². The van der Waals surface area contributed by atoms with E-state index in [0.29, 0.717) is 12.3 Å². The molecule has 1 amide bonds. The van der Waals surface area contributed by atoms with Crippen LogP contribution in [0.3, 0.4) is 0 Å². The molecule has 0 fully saturated rings. The number of methoxy groups -OCH3 is 1. The maximum Gasteiger partial charge on any atom is 0.292 e. The molecule has 0 unspecified atom stereocenters. The van der Waals surface area contributed by atoms with Gasteiger partial charge in [-0.05, 0) is 30.7 Å². The fourth-order valence-corrected chi connectivity index (χ4v) is 3.15. The van der Waals surface area contributed by atoms with Gasteiger partial charge in [0.2, 0.25) is 11.8 Å². The van der Waals surface area contributed by atoms with E-state index >= 15 is 0 Å². The van der Waals surface area contributed by atoms with E-state index in [1.165, 1.54) is 18.2 Å². The van der Waals surface area contributed by atoms with Crippen molar-refractivity contribution < 1.29 is 18.9 Å². The third kappa shape index (κ3) is 5.32. The number of nitro benzene ring substituents is 1. The first-order valence-electron chi connectivity index (χ1n) is 8.62. The smallest absolute Gasteiger partial charge is 0.292 e. The topological polar surface area (TPSA) is 120 Å². The predicted molar refractivity (Wildman–Crippen MR) is 107 cm³/mol. The van der Waals surface area contributed by atoms with Crippen LogP contribution in [0.5, 0.6) is 5.75 Å². The number of amides is 1. The van der Waals surface area contributed by atoms with Gasteiger partial charge in [0.15, 0.2) is 0 Å². The molecule has 29 heavy (non-hydrogen) atoms. The Kier molecular flexibility index (Phi) is 6.45. The molecule has 0 spiro atoms. The van der Waals surface area contributed by atoms with Crippen LogP contribution in [-0.2, 0) is 11.2 Å². The second-order valence-electron chi connectivity index (χ2n) is 6.01. The zero-order valence-electron chi connectivity index (χ0n) is 15.7. The van der Waals surface area contributed by atoms with Gasteiger partial charge in [0.25, 0.3) is 10.9 Å². The van der Waals surface area contributed by atoms with Crippen LogP contribution in [0.1, 0.15) is 18.4 Å². The molecule has 0 saturated carbocycles. The van der Waals surface area contributed by atoms with Gasteiger partial charge in [-0.25, -0.2) is 0 Å². The van der Waals surface area contributed by atoms with Crippen molar-refractivity contribution in [1.82, 2.24) is 10.2 Å². The van der Waals surface area contributed by atoms with Crippen molar-refractivity contribution >= 4 is 29.0 Å². The first-order valence-corrected chi connectivity index (χ1v) is 9.50. The number of para-hydroxylation sites is 2. The Morgan fingerprint density at radius 2 is 1.97 bits per heavy atom. The summed E-state index contributed by atoms with van der Waals surface area (Å²) in [4.78, 5) is 22.9. The highest BCUT2D eigenvalue weighted by Gasteiger charge is 2.21. The number of rotatable bonds is 8. The van der Waals surface area contributed by atoms with Crippen LogP contribution in [0.15, 0.2) is 58.2 Å². The van der Waals surface area contributed by atoms with Crippen LogP contribution >= 0.6 is 11.8 Å². The summed E-state index contributed by atoms with van der Waals surface area (Å²) in [7, 11) is 1.60. The van der Waals surface area contributed by atoms with Crippen molar-refractivity contribution in [1.29, 1.82) is 0 Å². The van der Waals surface area contributed by atoms with E-state index in [9.17, 15) is 14.9 Å². The fourth-order valence-electron chi connectivity index (χ4n) is 2.45. The molecule has 150 valence electrons. The summed E-state index contributed by atoms with van der Waals surface area (Å²) in [5.74, 6) is 0.775. The van der Waals surface area contributed by atoms with Crippen molar-refractivity contribution in [3.63, 3.8) is 0 Å². The van der Waals surface area contributed by atoms with Gasteiger partial charge in [-0.2, -0.15) is 0 Å². The molecule has 10 heteroatoms. The molecule has 0 radical (unpaired) electrons. The number of ether oxygens (including phenoxy) is 1. The van der Waals surface area contributed by atoms with Crippen LogP contribution in [0, 0.1) is 10.1 Å². The van der Waals surface area contributed by atoms with Gasteiger partial charge in [0.1, 0.15) is 11.4 Å². The Hall–Kier alpha value is -3.40. The van der Waals surface area contributed by atoms with Crippen LogP contribution in [-0.4, -0.2) is 33.4 Å². The lowest BCUT2D eigenvalue weighted by Crippen LogP contribution is -2.22. The highest BCUT2D eigenvalue weighted by Crippen LogP contribution is 2.27. The van der Waals surface area contributed by atoms with Gasteiger partial charge in [-0.3, -0.25) is 14.9 Å². The summed E-state index contributed by atoms with van der Waals surface area (Å²) < 4.78 is 10.7. The summed E-state index contributed by atoms with van der Waals surface area (Å²) in [6.07, 6.45) is 0.453. The summed E-state index contributed by atoms with van der Waals surface area (Å²) in [6.45, 7) is 1.65. The Morgan fingerprint density at radius 3 is 2.66 bits per heavy atom. The number of thioether (sulfide) groups is 1. The minimum absolute atomic E-state index is 0.140. The molecule has 2 aromatic carbocycles. The van der Waals surface area contributed by atoms with E-state index in [-0.39, 0.29) is 16.6 Å². The monoisotopic (exact) mass is 414 g/mol. The van der Waals surface area contributed by atoms with Gasteiger partial charge >= 0.3 is 0 Å². The summed E-state index contributed by atoms with van der Waals surface area (Å²) in [6, 6.07) is 13.5. The molecule has 3 rings (SSSR count). The third-order valence-corrected chi connectivity index (χ3v) is 4.90. The van der Waals surface area contributed by atoms with Gasteiger partial charge in [-0.1, -0.05) is 36.0 Å². The normalized spacial score (nSPS) is 11.7. The second-order valence-corrected chi connectivity index (χ2v) is 7.30. The number of anilines is 1. The molecular formula is C19H18N4O5S. The highest BCUT2D eigenvalue weighted by atomic mass is 32.2. The van der Waals surface area contributed by atoms with Crippen LogP contribution < -0.4 is 10.1 Å². The van der Waals surface area contributed by atoms with Crippen molar-refractivity contribution in [3.8, 4) is 5.75 Å². The van der Waals surface area contributed by atoms with E-state index in [1.54, 1.807) is 20.1 Å². The average molecular weight is 414 g/mol. The number of nitrogens with one attached hydrogen (secondary N) is 1. The number of aromatic nitrogens is 2. The van der Waals surface area contributed by atoms with E-state index in [2.05, 4.69) is 15.5 Å². The molecule has 0 bridgehead atoms. The molecule has 3 aromatic rings. The number of hydrogen-bond donors (Lipinski definition) is 1. The van der Waals surface area contributed by atoms with Crippen molar-refractivity contribution in [2.24, 2.45) is 0 Å². The first kappa shape index (κ1) is 20.3. The third-order valence-electron chi connectivity index (χ3n) is 3.97. The minimum atomic E-state index is -0.593. The Balaban J connectivity index is 1.60. The quantitative estimate of drug-likeness (QED) is 0.336. The molecule has 0 saturated heterocycles. The predicted octanol–water partition coefficient (Wildman–Crippen LogP) is 3.70. The zero-order valence-corrected chi connectivity index (χ0v) is 16.5. The number of hydrogen-bond acceptors (Lipinski definition) is 8. The fraction of sp³-hybridized carbons (Fsp3) is 0.211. The Morgan fingerprint density at radius 1 is 1.24 bits per heavy atom. The molecule has 0 aliphatic rings. The average Bonchev–Trinajstić information content (AvgIpc) is 3.15. The summed E-state index contributed by atoms with van der Waals surface area (Å²) >= 11 is 1.08. The summed E-state index contributed by atoms with van der Waals surface area (Å²) in [5, 5.41) is 21.2. The number of benzene rings is 2. The molecule has 0 aliphatic carbocycles. The summed E-state index contributed by atoms with van der Waals surface area (Å²) in [5.41, 5.74) is 0.950. The molecular weight excluding hydrogens is 396 g/mol. The Bertz CT molecular complexity index is 1010. The van der Waals surface area contributed by atoms with Crippen LogP contribution in [0.4, 0.5) is 11.4 Å². The van der Waals surface area contributed by atoms with Crippen molar-refractivity contribution in [3.05, 3.63) is 70.1 Å². The van der Waals surface area contributed by atoms with E-state index < -0.39 is 16.1 Å². The second kappa shape index (κ2) is 9.20. The molecule has 0 aliphatic heterocycles. The van der Waals surface area contributed by atoms with Crippen LogP contribution in [0.2, 0.25) is 0 Å². The first-order chi connectivity index (χ1) is 14.0. The lowest BCUT2D eigenvalue weighted by atomic mass is 10.1. The number of nitro groups is 1. The molecule has 1 N–H and O–H groups in total. The largest absolute Gasteiger partial charge is 0.497 e. The van der Waals surface area contributed by atoms with E-state index in [4.69, 9.17) is 9.15 Å². The number of carbonyl (C=O) groups excluding carboxylic acids is 1. The molecule has 1 atom stereocenters. The maximum atomic E-state index is 12.4. The zero-order chi connectivity index (χ0) is 20.8. The van der Waals surface area contributed by atoms with Crippen molar-refractivity contribution in [2.75, 3.05) is 12.4 Å². The number of carbonyl (C=O) groups is 1. The van der Waals surface area contributed by atoms with Crippen LogP contribution in [0.25, 0.3) is 0 Å². The highest BCUT2D eigenvalue weighted by molar-refractivity contribution is 8.00. The SMILES string of the molecule is COc1ccc(Cc2nnc(S[C@H](C)C(=O)Nc3ccccc3[N+](=O)[O-])o2)cc1. The van der Waals surface area contributed by atoms with Gasteiger partial charge in [0, 0.05) is 6.07 Å². The maximum absolute atomic E-state index is 12.4.